The molecule has 4 aromatic heterocycles. The van der Waals surface area contributed by atoms with Crippen LogP contribution in [-0.2, 0) is 13.1 Å². The van der Waals surface area contributed by atoms with Crippen LogP contribution in [0.5, 0.6) is 0 Å². The maximum atomic E-state index is 13.5. The summed E-state index contributed by atoms with van der Waals surface area (Å²) in [7, 11) is 0. The molecular formula is C23H18ClN7O. The van der Waals surface area contributed by atoms with Crippen molar-refractivity contribution >= 4 is 33.5 Å². The van der Waals surface area contributed by atoms with Crippen molar-refractivity contribution in [2.24, 2.45) is 0 Å². The zero-order chi connectivity index (χ0) is 22.1. The van der Waals surface area contributed by atoms with Crippen molar-refractivity contribution in [1.29, 1.82) is 5.26 Å². The second-order valence-corrected chi connectivity index (χ2v) is 7.81. The van der Waals surface area contributed by atoms with E-state index < -0.39 is 0 Å². The summed E-state index contributed by atoms with van der Waals surface area (Å²) in [6.07, 6.45) is 7.71. The quantitative estimate of drug-likeness (QED) is 0.370. The molecule has 0 aliphatic carbocycles. The predicted molar refractivity (Wildman–Crippen MR) is 122 cm³/mol. The second kappa shape index (κ2) is 8.29. The number of aryl methyl sites for hydroxylation is 1. The van der Waals surface area contributed by atoms with Gasteiger partial charge >= 0.3 is 5.69 Å². The fourth-order valence-electron chi connectivity index (χ4n) is 4.03. The number of rotatable bonds is 6. The van der Waals surface area contributed by atoms with Gasteiger partial charge in [-0.1, -0.05) is 11.6 Å². The van der Waals surface area contributed by atoms with E-state index in [-0.39, 0.29) is 5.69 Å². The molecule has 5 rings (SSSR count). The zero-order valence-corrected chi connectivity index (χ0v) is 17.8. The molecule has 32 heavy (non-hydrogen) atoms. The third-order valence-corrected chi connectivity index (χ3v) is 5.66. The van der Waals surface area contributed by atoms with Crippen LogP contribution >= 0.6 is 11.6 Å². The third kappa shape index (κ3) is 3.43. The highest BCUT2D eigenvalue weighted by atomic mass is 35.5. The second-order valence-electron chi connectivity index (χ2n) is 7.37. The number of nitriles is 1. The van der Waals surface area contributed by atoms with Crippen molar-refractivity contribution < 1.29 is 0 Å². The summed E-state index contributed by atoms with van der Waals surface area (Å²) in [5, 5.41) is 10.6. The van der Waals surface area contributed by atoms with Gasteiger partial charge in [-0.2, -0.15) is 5.26 Å². The Morgan fingerprint density at radius 3 is 2.66 bits per heavy atom. The summed E-state index contributed by atoms with van der Waals surface area (Å²) in [5.41, 5.74) is 3.09. The van der Waals surface area contributed by atoms with Crippen LogP contribution in [0.15, 0.2) is 66.0 Å². The first-order valence-electron chi connectivity index (χ1n) is 10.1. The Morgan fingerprint density at radius 2 is 1.84 bits per heavy atom. The number of pyridine rings is 1. The number of benzene rings is 1. The van der Waals surface area contributed by atoms with Crippen molar-refractivity contribution in [3.63, 3.8) is 0 Å². The summed E-state index contributed by atoms with van der Waals surface area (Å²) < 4.78 is 5.32. The van der Waals surface area contributed by atoms with E-state index >= 15 is 0 Å². The van der Waals surface area contributed by atoms with Gasteiger partial charge in [0.15, 0.2) is 0 Å². The van der Waals surface area contributed by atoms with E-state index in [1.54, 1.807) is 41.5 Å². The number of aromatic nitrogens is 6. The molecule has 0 bridgehead atoms. The van der Waals surface area contributed by atoms with E-state index in [1.807, 2.05) is 24.3 Å². The van der Waals surface area contributed by atoms with Gasteiger partial charge < -0.3 is 4.57 Å². The minimum Gasteiger partial charge on any atom is -0.343 e. The largest absolute Gasteiger partial charge is 0.343 e. The summed E-state index contributed by atoms with van der Waals surface area (Å²) in [4.78, 5) is 26.2. The molecule has 8 nitrogen and oxygen atoms in total. The summed E-state index contributed by atoms with van der Waals surface area (Å²) in [6, 6.07) is 13.5. The molecule has 0 aliphatic rings. The van der Waals surface area contributed by atoms with Gasteiger partial charge in [0.2, 0.25) is 5.95 Å². The Morgan fingerprint density at radius 1 is 1.00 bits per heavy atom. The van der Waals surface area contributed by atoms with Gasteiger partial charge in [-0.15, -0.1) is 0 Å². The molecule has 0 saturated carbocycles. The highest BCUT2D eigenvalue weighted by Crippen LogP contribution is 2.25. The van der Waals surface area contributed by atoms with Crippen LogP contribution in [0.4, 0.5) is 0 Å². The van der Waals surface area contributed by atoms with Crippen LogP contribution < -0.4 is 5.69 Å². The molecule has 0 unspecified atom stereocenters. The van der Waals surface area contributed by atoms with Crippen molar-refractivity contribution in [2.75, 3.05) is 0 Å². The van der Waals surface area contributed by atoms with Crippen molar-refractivity contribution in [1.82, 2.24) is 28.7 Å². The average molecular weight is 444 g/mol. The molecule has 0 radical (unpaired) electrons. The molecule has 0 aliphatic heterocycles. The number of unbranched alkanes of at least 4 members (excludes halogenated alkanes) is 1. The molecule has 0 amide bonds. The first-order chi connectivity index (χ1) is 15.7. The highest BCUT2D eigenvalue weighted by Gasteiger charge is 2.18. The fourth-order valence-corrected chi connectivity index (χ4v) is 4.21. The Hall–Kier alpha value is -3.96. The van der Waals surface area contributed by atoms with Gasteiger partial charge in [0.05, 0.1) is 29.8 Å². The number of fused-ring (bicyclic) bond motifs is 2. The average Bonchev–Trinajstić information content (AvgIpc) is 3.29. The Labute approximate surface area is 188 Å². The Balaban J connectivity index is 1.67. The molecule has 0 fully saturated rings. The minimum absolute atomic E-state index is 0.244. The number of nitrogens with zero attached hydrogens (tertiary/aromatic N) is 7. The normalized spacial score (nSPS) is 11.2. The van der Waals surface area contributed by atoms with Gasteiger partial charge in [0.1, 0.15) is 0 Å². The molecule has 0 atom stereocenters. The summed E-state index contributed by atoms with van der Waals surface area (Å²) in [6.45, 7) is 1.00. The van der Waals surface area contributed by atoms with Crippen LogP contribution in [0.2, 0.25) is 5.02 Å². The molecule has 0 saturated heterocycles. The van der Waals surface area contributed by atoms with E-state index in [2.05, 4.69) is 25.6 Å². The number of halogens is 1. The first-order valence-corrected chi connectivity index (χ1v) is 10.5. The monoisotopic (exact) mass is 443 g/mol. The molecule has 0 spiro atoms. The van der Waals surface area contributed by atoms with Crippen molar-refractivity contribution in [2.45, 2.75) is 25.9 Å². The minimum atomic E-state index is -0.244. The van der Waals surface area contributed by atoms with Crippen LogP contribution in [0, 0.1) is 11.3 Å². The van der Waals surface area contributed by atoms with E-state index in [0.29, 0.717) is 47.9 Å². The van der Waals surface area contributed by atoms with Gasteiger partial charge in [-0.25, -0.2) is 19.3 Å². The number of hydrogen-bond donors (Lipinski definition) is 0. The first kappa shape index (κ1) is 20.0. The third-order valence-electron chi connectivity index (χ3n) is 5.42. The van der Waals surface area contributed by atoms with Gasteiger partial charge in [0, 0.05) is 53.2 Å². The van der Waals surface area contributed by atoms with E-state index in [4.69, 9.17) is 16.9 Å². The molecule has 158 valence electrons. The molecule has 1 aromatic carbocycles. The van der Waals surface area contributed by atoms with Crippen molar-refractivity contribution in [3.8, 4) is 12.0 Å². The molecule has 9 heteroatoms. The highest BCUT2D eigenvalue weighted by molar-refractivity contribution is 6.31. The van der Waals surface area contributed by atoms with Gasteiger partial charge in [-0.05, 0) is 42.8 Å². The van der Waals surface area contributed by atoms with Gasteiger partial charge in [-0.3, -0.25) is 9.55 Å². The van der Waals surface area contributed by atoms with Crippen LogP contribution in [0.1, 0.15) is 18.5 Å². The molecule has 5 aromatic rings. The van der Waals surface area contributed by atoms with E-state index in [0.717, 1.165) is 16.6 Å². The lowest BCUT2D eigenvalue weighted by Crippen LogP contribution is -2.25. The summed E-state index contributed by atoms with van der Waals surface area (Å²) in [5.74, 6) is 0.314. The topological polar surface area (TPSA) is 94.3 Å². The molecular weight excluding hydrogens is 426 g/mol. The fraction of sp³-hybridized carbons (Fsp3) is 0.174. The zero-order valence-electron chi connectivity index (χ0n) is 17.0. The number of imidazole rings is 1. The Bertz CT molecular complexity index is 1530. The maximum Gasteiger partial charge on any atom is 0.336 e. The van der Waals surface area contributed by atoms with Gasteiger partial charge in [0.25, 0.3) is 0 Å². The lowest BCUT2D eigenvalue weighted by atomic mass is 10.2. The smallest absolute Gasteiger partial charge is 0.336 e. The lowest BCUT2D eigenvalue weighted by Gasteiger charge is -2.11. The van der Waals surface area contributed by atoms with Crippen LogP contribution in [0.25, 0.3) is 27.9 Å². The van der Waals surface area contributed by atoms with E-state index in [9.17, 15) is 4.79 Å². The predicted octanol–water partition coefficient (Wildman–Crippen LogP) is 3.94. The Kier molecular flexibility index (Phi) is 5.17. The summed E-state index contributed by atoms with van der Waals surface area (Å²) >= 11 is 6.21. The van der Waals surface area contributed by atoms with Crippen LogP contribution in [-0.4, -0.2) is 28.7 Å². The molecule has 0 N–H and O–H groups in total. The SMILES string of the molecule is N#CCCCn1c(Cn2c(=O)n(-c3ncccn3)c3ccncc32)cc2cc(Cl)ccc21. The standard InChI is InChI=1S/C23H18ClN7O/c24-17-4-5-19-16(12-17)13-18(29(19)11-2-1-7-25)15-30-21-14-26-10-6-20(21)31(23(30)32)22-27-8-3-9-28-22/h3-6,8-10,12-14H,1-2,11,15H2. The van der Waals surface area contributed by atoms with Crippen LogP contribution in [0.3, 0.4) is 0 Å². The lowest BCUT2D eigenvalue weighted by molar-refractivity contribution is 0.620. The van der Waals surface area contributed by atoms with Crippen molar-refractivity contribution in [3.05, 3.63) is 82.4 Å². The maximum absolute atomic E-state index is 13.5. The molecule has 4 heterocycles. The van der Waals surface area contributed by atoms with E-state index in [1.165, 1.54) is 4.57 Å². The number of hydrogen-bond acceptors (Lipinski definition) is 5.